The summed E-state index contributed by atoms with van der Waals surface area (Å²) in [6.07, 6.45) is 9.71. The Morgan fingerprint density at radius 2 is 1.93 bits per heavy atom. The quantitative estimate of drug-likeness (QED) is 0.570. The second-order valence-corrected chi connectivity index (χ2v) is 11.0. The van der Waals surface area contributed by atoms with Crippen LogP contribution in [-0.2, 0) is 0 Å². The van der Waals surface area contributed by atoms with Gasteiger partial charge >= 0.3 is 0 Å². The van der Waals surface area contributed by atoms with Crippen molar-refractivity contribution in [2.75, 3.05) is 11.9 Å². The van der Waals surface area contributed by atoms with Crippen molar-refractivity contribution >= 4 is 11.9 Å². The second kappa shape index (κ2) is 7.16. The molecule has 5 aliphatic rings. The molecule has 4 bridgehead atoms. The maximum absolute atomic E-state index is 13.3. The summed E-state index contributed by atoms with van der Waals surface area (Å²) in [6, 6.07) is 0.148. The van der Waals surface area contributed by atoms with Gasteiger partial charge in [0.2, 0.25) is 5.95 Å². The highest BCUT2D eigenvalue weighted by molar-refractivity contribution is 5.95. The minimum atomic E-state index is -0.526. The van der Waals surface area contributed by atoms with E-state index in [2.05, 4.69) is 15.6 Å². The van der Waals surface area contributed by atoms with Gasteiger partial charge in [0.15, 0.2) is 0 Å². The minimum Gasteiger partial charge on any atom is -0.394 e. The molecule has 0 aromatic carbocycles. The Kier molecular flexibility index (Phi) is 4.82. The molecule has 0 radical (unpaired) electrons. The van der Waals surface area contributed by atoms with Crippen LogP contribution in [0.2, 0.25) is 0 Å². The number of aromatic nitrogens is 2. The molecule has 5 saturated carbocycles. The Labute approximate surface area is 178 Å². The monoisotopic (exact) mass is 414 g/mol. The lowest BCUT2D eigenvalue weighted by molar-refractivity contribution is -0.136. The molecule has 30 heavy (non-hydrogen) atoms. The number of aliphatic hydroxyl groups excluding tert-OH is 1. The summed E-state index contributed by atoms with van der Waals surface area (Å²) in [7, 11) is 0. The summed E-state index contributed by atoms with van der Waals surface area (Å²) in [5, 5.41) is 26.8. The lowest BCUT2D eigenvalue weighted by Crippen LogP contribution is -2.61. The van der Waals surface area contributed by atoms with Gasteiger partial charge in [-0.1, -0.05) is 6.42 Å². The molecular formula is C23H34N4O3. The standard InChI is InChI=1S/C23H34N4O3/c1-22(2,12-28)27-21-24-11-17(19(26-21)14-4-3-5-14)20(29)25-18-15-6-13-7-16(18)10-23(30,8-13)9-15/h11,13-16,18,28,30H,3-10,12H2,1-2H3,(H,25,29)(H,24,26,27)/t13?,15?,16?,18-,23+. The van der Waals surface area contributed by atoms with E-state index in [4.69, 9.17) is 4.98 Å². The van der Waals surface area contributed by atoms with Crippen LogP contribution in [0.4, 0.5) is 5.95 Å². The van der Waals surface area contributed by atoms with Crippen molar-refractivity contribution < 1.29 is 15.0 Å². The van der Waals surface area contributed by atoms with Crippen LogP contribution in [0, 0.1) is 17.8 Å². The Morgan fingerprint density at radius 1 is 1.23 bits per heavy atom. The molecule has 0 spiro atoms. The van der Waals surface area contributed by atoms with E-state index in [0.29, 0.717) is 35.2 Å². The number of hydrogen-bond acceptors (Lipinski definition) is 6. The molecule has 5 aliphatic carbocycles. The normalized spacial score (nSPS) is 35.2. The Bertz CT molecular complexity index is 822. The van der Waals surface area contributed by atoms with E-state index in [9.17, 15) is 15.0 Å². The topological polar surface area (TPSA) is 107 Å². The lowest BCUT2D eigenvalue weighted by Gasteiger charge is -2.58. The van der Waals surface area contributed by atoms with Crippen molar-refractivity contribution in [2.24, 2.45) is 17.8 Å². The molecule has 2 atom stereocenters. The number of anilines is 1. The molecule has 1 amide bonds. The first-order valence-electron chi connectivity index (χ1n) is 11.5. The summed E-state index contributed by atoms with van der Waals surface area (Å²) in [5.74, 6) is 2.06. The van der Waals surface area contributed by atoms with Crippen LogP contribution in [0.25, 0.3) is 0 Å². The number of carbonyl (C=O) groups is 1. The van der Waals surface area contributed by atoms with E-state index in [0.717, 1.165) is 57.1 Å². The van der Waals surface area contributed by atoms with E-state index in [1.54, 1.807) is 6.20 Å². The van der Waals surface area contributed by atoms with Crippen LogP contribution in [0.1, 0.15) is 87.2 Å². The zero-order valence-corrected chi connectivity index (χ0v) is 18.0. The molecule has 1 aromatic heterocycles. The largest absolute Gasteiger partial charge is 0.394 e. The molecule has 0 saturated heterocycles. The first kappa shape index (κ1) is 20.2. The van der Waals surface area contributed by atoms with E-state index in [1.165, 1.54) is 0 Å². The van der Waals surface area contributed by atoms with Crippen molar-refractivity contribution in [3.05, 3.63) is 17.5 Å². The van der Waals surface area contributed by atoms with Crippen LogP contribution in [0.5, 0.6) is 0 Å². The highest BCUT2D eigenvalue weighted by Gasteiger charge is 2.55. The molecule has 164 valence electrons. The SMILES string of the molecule is CC(C)(CO)Nc1ncc(C(=O)N[C@H]2C3CC4CC2C[C@@](O)(C4)C3)c(C2CCC2)n1. The van der Waals surface area contributed by atoms with Gasteiger partial charge in [-0.15, -0.1) is 0 Å². The van der Waals surface area contributed by atoms with E-state index < -0.39 is 11.1 Å². The fourth-order valence-corrected chi connectivity index (χ4v) is 6.41. The van der Waals surface area contributed by atoms with E-state index in [1.807, 2.05) is 13.8 Å². The lowest BCUT2D eigenvalue weighted by atomic mass is 9.52. The van der Waals surface area contributed by atoms with E-state index >= 15 is 0 Å². The number of rotatable bonds is 6. The van der Waals surface area contributed by atoms with Gasteiger partial charge in [-0.3, -0.25) is 4.79 Å². The predicted octanol–water partition coefficient (Wildman–Crippen LogP) is 2.60. The third kappa shape index (κ3) is 3.60. The van der Waals surface area contributed by atoms with Gasteiger partial charge in [0.25, 0.3) is 5.91 Å². The number of hydrogen-bond donors (Lipinski definition) is 4. The third-order valence-electron chi connectivity index (χ3n) is 7.94. The number of nitrogens with one attached hydrogen (secondary N) is 2. The first-order chi connectivity index (χ1) is 14.3. The van der Waals surface area contributed by atoms with Gasteiger partial charge in [0.05, 0.1) is 29.0 Å². The molecule has 6 rings (SSSR count). The van der Waals surface area contributed by atoms with Gasteiger partial charge in [-0.05, 0) is 76.5 Å². The van der Waals surface area contributed by atoms with Gasteiger partial charge in [-0.25, -0.2) is 9.97 Å². The number of aliphatic hydroxyl groups is 2. The van der Waals surface area contributed by atoms with Crippen molar-refractivity contribution in [3.63, 3.8) is 0 Å². The van der Waals surface area contributed by atoms with Gasteiger partial charge in [0, 0.05) is 18.2 Å². The maximum atomic E-state index is 13.3. The Hall–Kier alpha value is -1.73. The predicted molar refractivity (Wildman–Crippen MR) is 113 cm³/mol. The summed E-state index contributed by atoms with van der Waals surface area (Å²) >= 11 is 0. The molecule has 4 N–H and O–H groups in total. The maximum Gasteiger partial charge on any atom is 0.254 e. The number of amides is 1. The van der Waals surface area contributed by atoms with E-state index in [-0.39, 0.29) is 18.6 Å². The van der Waals surface area contributed by atoms with Crippen LogP contribution in [-0.4, -0.2) is 49.9 Å². The van der Waals surface area contributed by atoms with Gasteiger partial charge in [-0.2, -0.15) is 0 Å². The average Bonchev–Trinajstić information content (AvgIpc) is 2.62. The summed E-state index contributed by atoms with van der Waals surface area (Å²) in [5.41, 5.74) is 0.387. The highest BCUT2D eigenvalue weighted by Crippen LogP contribution is 2.55. The second-order valence-electron chi connectivity index (χ2n) is 11.0. The molecule has 5 fully saturated rings. The first-order valence-corrected chi connectivity index (χ1v) is 11.5. The van der Waals surface area contributed by atoms with Crippen LogP contribution in [0.15, 0.2) is 6.20 Å². The summed E-state index contributed by atoms with van der Waals surface area (Å²) < 4.78 is 0. The molecule has 2 unspecified atom stereocenters. The average molecular weight is 415 g/mol. The number of nitrogens with zero attached hydrogens (tertiary/aromatic N) is 2. The van der Waals surface area contributed by atoms with Crippen LogP contribution >= 0.6 is 0 Å². The fourth-order valence-electron chi connectivity index (χ4n) is 6.41. The van der Waals surface area contributed by atoms with Crippen molar-refractivity contribution in [2.45, 2.75) is 88.3 Å². The molecule has 7 heteroatoms. The van der Waals surface area contributed by atoms with Gasteiger partial charge in [0.1, 0.15) is 0 Å². The molecule has 0 aliphatic heterocycles. The molecule has 1 heterocycles. The van der Waals surface area contributed by atoms with Crippen LogP contribution < -0.4 is 10.6 Å². The zero-order chi connectivity index (χ0) is 21.1. The fraction of sp³-hybridized carbons (Fsp3) is 0.783. The van der Waals surface area contributed by atoms with Gasteiger partial charge < -0.3 is 20.8 Å². The van der Waals surface area contributed by atoms with Crippen molar-refractivity contribution in [1.29, 1.82) is 0 Å². The van der Waals surface area contributed by atoms with Crippen LogP contribution in [0.3, 0.4) is 0 Å². The Balaban J connectivity index is 1.36. The summed E-state index contributed by atoms with van der Waals surface area (Å²) in [6.45, 7) is 3.75. The minimum absolute atomic E-state index is 0.0326. The highest BCUT2D eigenvalue weighted by atomic mass is 16.3. The number of carbonyl (C=O) groups excluding carboxylic acids is 1. The smallest absolute Gasteiger partial charge is 0.254 e. The molecule has 7 nitrogen and oxygen atoms in total. The molecular weight excluding hydrogens is 380 g/mol. The summed E-state index contributed by atoms with van der Waals surface area (Å²) in [4.78, 5) is 22.4. The Morgan fingerprint density at radius 3 is 2.50 bits per heavy atom. The third-order valence-corrected chi connectivity index (χ3v) is 7.94. The van der Waals surface area contributed by atoms with Crippen molar-refractivity contribution in [1.82, 2.24) is 15.3 Å². The molecule has 1 aromatic rings. The van der Waals surface area contributed by atoms with Crippen molar-refractivity contribution in [3.8, 4) is 0 Å². The zero-order valence-electron chi connectivity index (χ0n) is 18.0.